The van der Waals surface area contributed by atoms with Gasteiger partial charge >= 0.3 is 0 Å². The molecule has 0 aromatic heterocycles. The Hall–Kier alpha value is -1.37. The van der Waals surface area contributed by atoms with Crippen molar-refractivity contribution in [2.45, 2.75) is 44.2 Å². The van der Waals surface area contributed by atoms with Gasteiger partial charge in [0.2, 0.25) is 0 Å². The summed E-state index contributed by atoms with van der Waals surface area (Å²) in [5, 5.41) is 22.6. The molecule has 0 amide bonds. The lowest BCUT2D eigenvalue weighted by molar-refractivity contribution is 0.150. The van der Waals surface area contributed by atoms with E-state index in [0.717, 1.165) is 24.9 Å². The molecule has 0 saturated carbocycles. The van der Waals surface area contributed by atoms with E-state index >= 15 is 0 Å². The average molecular weight is 244 g/mol. The lowest BCUT2D eigenvalue weighted by Crippen LogP contribution is -2.29. The van der Waals surface area contributed by atoms with Gasteiger partial charge in [-0.05, 0) is 43.5 Å². The molecular weight excluding hydrogens is 224 g/mol. The third-order valence-corrected chi connectivity index (χ3v) is 3.57. The van der Waals surface area contributed by atoms with Gasteiger partial charge in [0.05, 0.1) is 17.7 Å². The summed E-state index contributed by atoms with van der Waals surface area (Å²) in [6.45, 7) is 1.05. The second kappa shape index (κ2) is 6.53. The standard InChI is InChI=1S/C15H20N2O/c16-11-12-5-4-6-13(9-12)15(18)10-14-7-2-1-3-8-17-14/h4-6,9,14-15,17-18H,1-3,7-8,10H2. The summed E-state index contributed by atoms with van der Waals surface area (Å²) < 4.78 is 0. The number of hydrogen-bond acceptors (Lipinski definition) is 3. The fraction of sp³-hybridized carbons (Fsp3) is 0.533. The van der Waals surface area contributed by atoms with E-state index in [1.54, 1.807) is 12.1 Å². The Morgan fingerprint density at radius 3 is 3.11 bits per heavy atom. The Balaban J connectivity index is 1.97. The zero-order chi connectivity index (χ0) is 12.8. The number of nitriles is 1. The van der Waals surface area contributed by atoms with Crippen LogP contribution in [0.3, 0.4) is 0 Å². The molecule has 2 unspecified atom stereocenters. The van der Waals surface area contributed by atoms with Gasteiger partial charge in [-0.15, -0.1) is 0 Å². The molecule has 1 aliphatic heterocycles. The highest BCUT2D eigenvalue weighted by atomic mass is 16.3. The second-order valence-corrected chi connectivity index (χ2v) is 4.99. The monoisotopic (exact) mass is 244 g/mol. The average Bonchev–Trinajstić information content (AvgIpc) is 2.67. The maximum Gasteiger partial charge on any atom is 0.0991 e. The zero-order valence-electron chi connectivity index (χ0n) is 10.6. The van der Waals surface area contributed by atoms with Crippen molar-refractivity contribution in [3.8, 4) is 6.07 Å². The first kappa shape index (κ1) is 13.1. The SMILES string of the molecule is N#Cc1cccc(C(O)CC2CCCCCN2)c1. The van der Waals surface area contributed by atoms with Crippen molar-refractivity contribution >= 4 is 0 Å². The van der Waals surface area contributed by atoms with E-state index in [4.69, 9.17) is 5.26 Å². The first-order chi connectivity index (χ1) is 8.79. The van der Waals surface area contributed by atoms with Crippen LogP contribution in [0.15, 0.2) is 24.3 Å². The first-order valence-electron chi connectivity index (χ1n) is 6.71. The van der Waals surface area contributed by atoms with Crippen molar-refractivity contribution in [3.05, 3.63) is 35.4 Å². The van der Waals surface area contributed by atoms with E-state index in [1.165, 1.54) is 19.3 Å². The number of hydrogen-bond donors (Lipinski definition) is 2. The van der Waals surface area contributed by atoms with Crippen LogP contribution in [0.4, 0.5) is 0 Å². The Bertz CT molecular complexity index is 417. The van der Waals surface area contributed by atoms with E-state index in [2.05, 4.69) is 11.4 Å². The van der Waals surface area contributed by atoms with Gasteiger partial charge in [-0.1, -0.05) is 25.0 Å². The summed E-state index contributed by atoms with van der Waals surface area (Å²) in [6, 6.07) is 9.77. The van der Waals surface area contributed by atoms with E-state index in [0.29, 0.717) is 11.6 Å². The quantitative estimate of drug-likeness (QED) is 0.859. The summed E-state index contributed by atoms with van der Waals surface area (Å²) >= 11 is 0. The number of nitrogens with zero attached hydrogens (tertiary/aromatic N) is 1. The molecule has 1 aliphatic rings. The van der Waals surface area contributed by atoms with Gasteiger partial charge in [0.15, 0.2) is 0 Å². The second-order valence-electron chi connectivity index (χ2n) is 4.99. The molecule has 2 N–H and O–H groups in total. The van der Waals surface area contributed by atoms with Gasteiger partial charge in [-0.25, -0.2) is 0 Å². The fourth-order valence-electron chi connectivity index (χ4n) is 2.52. The van der Waals surface area contributed by atoms with Crippen LogP contribution in [-0.2, 0) is 0 Å². The van der Waals surface area contributed by atoms with Crippen molar-refractivity contribution in [2.75, 3.05) is 6.54 Å². The van der Waals surface area contributed by atoms with Crippen LogP contribution in [0.25, 0.3) is 0 Å². The van der Waals surface area contributed by atoms with Crippen LogP contribution in [0.1, 0.15) is 49.3 Å². The Morgan fingerprint density at radius 1 is 1.39 bits per heavy atom. The molecule has 0 spiro atoms. The summed E-state index contributed by atoms with van der Waals surface area (Å²) in [5.41, 5.74) is 1.46. The number of rotatable bonds is 3. The number of nitrogens with one attached hydrogen (secondary N) is 1. The molecule has 96 valence electrons. The lowest BCUT2D eigenvalue weighted by Gasteiger charge is -2.20. The molecule has 1 saturated heterocycles. The minimum absolute atomic E-state index is 0.397. The summed E-state index contributed by atoms with van der Waals surface area (Å²) in [4.78, 5) is 0. The normalized spacial score (nSPS) is 21.9. The van der Waals surface area contributed by atoms with Gasteiger partial charge in [0.25, 0.3) is 0 Å². The van der Waals surface area contributed by atoms with Crippen molar-refractivity contribution in [3.63, 3.8) is 0 Å². The third kappa shape index (κ3) is 3.56. The summed E-state index contributed by atoms with van der Waals surface area (Å²) in [7, 11) is 0. The van der Waals surface area contributed by atoms with Crippen LogP contribution < -0.4 is 5.32 Å². The highest BCUT2D eigenvalue weighted by Gasteiger charge is 2.17. The summed E-state index contributed by atoms with van der Waals surface area (Å²) in [6.07, 6.45) is 5.14. The largest absolute Gasteiger partial charge is 0.388 e. The molecule has 1 aromatic carbocycles. The Kier molecular flexibility index (Phi) is 4.74. The smallest absolute Gasteiger partial charge is 0.0991 e. The van der Waals surface area contributed by atoms with E-state index in [1.807, 2.05) is 12.1 Å². The van der Waals surface area contributed by atoms with Gasteiger partial charge in [-0.2, -0.15) is 5.26 Å². The van der Waals surface area contributed by atoms with E-state index in [9.17, 15) is 5.11 Å². The van der Waals surface area contributed by atoms with Crippen LogP contribution in [-0.4, -0.2) is 17.7 Å². The molecule has 3 nitrogen and oxygen atoms in total. The summed E-state index contributed by atoms with van der Waals surface area (Å²) in [5.74, 6) is 0. The number of benzene rings is 1. The third-order valence-electron chi connectivity index (χ3n) is 3.57. The van der Waals surface area contributed by atoms with Gasteiger partial charge in [0, 0.05) is 6.04 Å². The van der Waals surface area contributed by atoms with Crippen LogP contribution in [0.5, 0.6) is 0 Å². The minimum atomic E-state index is -0.478. The van der Waals surface area contributed by atoms with Gasteiger partial charge in [-0.3, -0.25) is 0 Å². The van der Waals surface area contributed by atoms with Crippen LogP contribution in [0.2, 0.25) is 0 Å². The molecule has 0 bridgehead atoms. The Labute approximate surface area is 108 Å². The van der Waals surface area contributed by atoms with Crippen molar-refractivity contribution < 1.29 is 5.11 Å². The van der Waals surface area contributed by atoms with Crippen molar-refractivity contribution in [1.29, 1.82) is 5.26 Å². The number of aliphatic hydroxyl groups is 1. The number of aliphatic hydroxyl groups excluding tert-OH is 1. The Morgan fingerprint density at radius 2 is 2.28 bits per heavy atom. The molecule has 18 heavy (non-hydrogen) atoms. The van der Waals surface area contributed by atoms with Crippen molar-refractivity contribution in [1.82, 2.24) is 5.32 Å². The predicted molar refractivity (Wildman–Crippen MR) is 71.0 cm³/mol. The predicted octanol–water partition coefficient (Wildman–Crippen LogP) is 2.51. The van der Waals surface area contributed by atoms with Crippen molar-refractivity contribution in [2.24, 2.45) is 0 Å². The van der Waals surface area contributed by atoms with Gasteiger partial charge < -0.3 is 10.4 Å². The minimum Gasteiger partial charge on any atom is -0.388 e. The lowest BCUT2D eigenvalue weighted by atomic mass is 9.98. The molecule has 1 aromatic rings. The topological polar surface area (TPSA) is 56.0 Å². The molecule has 1 heterocycles. The van der Waals surface area contributed by atoms with Gasteiger partial charge in [0.1, 0.15) is 0 Å². The zero-order valence-corrected chi connectivity index (χ0v) is 10.6. The van der Waals surface area contributed by atoms with E-state index < -0.39 is 6.10 Å². The van der Waals surface area contributed by atoms with E-state index in [-0.39, 0.29) is 0 Å². The first-order valence-corrected chi connectivity index (χ1v) is 6.71. The highest BCUT2D eigenvalue weighted by molar-refractivity contribution is 5.33. The molecule has 1 fully saturated rings. The molecule has 2 rings (SSSR count). The molecule has 3 heteroatoms. The van der Waals surface area contributed by atoms with Crippen LogP contribution in [0, 0.1) is 11.3 Å². The maximum atomic E-state index is 10.2. The fourth-order valence-corrected chi connectivity index (χ4v) is 2.52. The maximum absolute atomic E-state index is 10.2. The molecule has 2 atom stereocenters. The molecule has 0 radical (unpaired) electrons. The molecular formula is C15H20N2O. The highest BCUT2D eigenvalue weighted by Crippen LogP contribution is 2.22. The molecule has 0 aliphatic carbocycles. The van der Waals surface area contributed by atoms with Crippen LogP contribution >= 0.6 is 0 Å².